The number of hydrogen-bond acceptors (Lipinski definition) is 5. The van der Waals surface area contributed by atoms with E-state index in [2.05, 4.69) is 25.8 Å². The lowest BCUT2D eigenvalue weighted by molar-refractivity contribution is -0.117. The summed E-state index contributed by atoms with van der Waals surface area (Å²) < 4.78 is 7.86. The molecule has 1 aliphatic heterocycles. The number of halogens is 1. The summed E-state index contributed by atoms with van der Waals surface area (Å²) in [6.07, 6.45) is 7.28. The first kappa shape index (κ1) is 19.5. The highest BCUT2D eigenvalue weighted by molar-refractivity contribution is 6.30. The van der Waals surface area contributed by atoms with E-state index in [0.29, 0.717) is 35.7 Å². The standard InChI is InChI=1S/C24H22ClN5O2/c25-17-4-3-7-19(12-17)29-13-16(11-22(29)31)24-27-23(28-32-24)15-8-9-21-20(10-15)26-14-30(21)18-5-1-2-6-18/h3-4,7-10,12,14,16,18H,1-2,5-6,11,13H2/t16-/m1/s1. The van der Waals surface area contributed by atoms with Gasteiger partial charge < -0.3 is 14.0 Å². The number of rotatable bonds is 4. The molecule has 0 unspecified atom stereocenters. The van der Waals surface area contributed by atoms with E-state index in [-0.39, 0.29) is 11.8 Å². The molecule has 1 amide bonds. The molecule has 2 fully saturated rings. The van der Waals surface area contributed by atoms with E-state index in [1.165, 1.54) is 25.7 Å². The van der Waals surface area contributed by atoms with Crippen LogP contribution in [0.4, 0.5) is 5.69 Å². The van der Waals surface area contributed by atoms with E-state index in [1.54, 1.807) is 17.0 Å². The second kappa shape index (κ2) is 7.74. The van der Waals surface area contributed by atoms with Gasteiger partial charge in [-0.05, 0) is 49.2 Å². The molecule has 0 spiro atoms. The lowest BCUT2D eigenvalue weighted by Gasteiger charge is -2.16. The van der Waals surface area contributed by atoms with E-state index in [0.717, 1.165) is 22.3 Å². The molecule has 162 valence electrons. The van der Waals surface area contributed by atoms with E-state index in [9.17, 15) is 4.79 Å². The number of nitrogens with zero attached hydrogens (tertiary/aromatic N) is 5. The third-order valence-electron chi connectivity index (χ3n) is 6.59. The van der Waals surface area contributed by atoms with Gasteiger partial charge in [0.15, 0.2) is 0 Å². The molecular weight excluding hydrogens is 426 g/mol. The lowest BCUT2D eigenvalue weighted by atomic mass is 10.1. The number of anilines is 1. The van der Waals surface area contributed by atoms with Gasteiger partial charge in [0.2, 0.25) is 17.6 Å². The van der Waals surface area contributed by atoms with Gasteiger partial charge in [-0.25, -0.2) is 4.98 Å². The predicted octanol–water partition coefficient (Wildman–Crippen LogP) is 5.38. The maximum Gasteiger partial charge on any atom is 0.232 e. The molecule has 1 saturated heterocycles. The van der Waals surface area contributed by atoms with Crippen molar-refractivity contribution in [2.24, 2.45) is 0 Å². The van der Waals surface area contributed by atoms with Gasteiger partial charge in [-0.2, -0.15) is 4.98 Å². The van der Waals surface area contributed by atoms with Crippen LogP contribution in [0.25, 0.3) is 22.4 Å². The molecule has 0 N–H and O–H groups in total. The molecule has 6 rings (SSSR count). The van der Waals surface area contributed by atoms with Crippen LogP contribution in [0.2, 0.25) is 5.02 Å². The average Bonchev–Trinajstić information content (AvgIpc) is 3.58. The molecule has 8 heteroatoms. The smallest absolute Gasteiger partial charge is 0.232 e. The zero-order valence-electron chi connectivity index (χ0n) is 17.4. The second-order valence-corrected chi connectivity index (χ2v) is 9.07. The van der Waals surface area contributed by atoms with Crippen LogP contribution in [-0.4, -0.2) is 32.1 Å². The van der Waals surface area contributed by atoms with E-state index in [1.807, 2.05) is 30.6 Å². The number of benzene rings is 2. The molecule has 2 aliphatic rings. The molecule has 1 aliphatic carbocycles. The summed E-state index contributed by atoms with van der Waals surface area (Å²) in [7, 11) is 0. The van der Waals surface area contributed by atoms with Crippen LogP contribution < -0.4 is 4.90 Å². The second-order valence-electron chi connectivity index (χ2n) is 8.64. The number of carbonyl (C=O) groups is 1. The predicted molar refractivity (Wildman–Crippen MR) is 122 cm³/mol. The van der Waals surface area contributed by atoms with E-state index in [4.69, 9.17) is 16.1 Å². The number of fused-ring (bicyclic) bond motifs is 1. The number of amides is 1. The van der Waals surface area contributed by atoms with Crippen molar-refractivity contribution in [3.63, 3.8) is 0 Å². The van der Waals surface area contributed by atoms with Gasteiger partial charge in [-0.15, -0.1) is 0 Å². The van der Waals surface area contributed by atoms with Gasteiger partial charge in [0.25, 0.3) is 0 Å². The monoisotopic (exact) mass is 447 g/mol. The van der Waals surface area contributed by atoms with Crippen LogP contribution in [-0.2, 0) is 4.79 Å². The van der Waals surface area contributed by atoms with Crippen LogP contribution in [0.3, 0.4) is 0 Å². The molecule has 2 aromatic carbocycles. The number of aromatic nitrogens is 4. The lowest BCUT2D eigenvalue weighted by Crippen LogP contribution is -2.24. The van der Waals surface area contributed by atoms with Crippen molar-refractivity contribution in [3.8, 4) is 11.4 Å². The molecule has 1 saturated carbocycles. The quantitative estimate of drug-likeness (QED) is 0.420. The van der Waals surface area contributed by atoms with Crippen molar-refractivity contribution in [1.29, 1.82) is 0 Å². The van der Waals surface area contributed by atoms with Crippen molar-refractivity contribution in [1.82, 2.24) is 19.7 Å². The van der Waals surface area contributed by atoms with Crippen molar-refractivity contribution in [2.75, 3.05) is 11.4 Å². The maximum absolute atomic E-state index is 12.6. The molecule has 4 aromatic rings. The Bertz CT molecular complexity index is 1310. The Hall–Kier alpha value is -3.19. The van der Waals surface area contributed by atoms with Gasteiger partial charge in [0.1, 0.15) is 0 Å². The van der Waals surface area contributed by atoms with E-state index >= 15 is 0 Å². The Morgan fingerprint density at radius 1 is 1.09 bits per heavy atom. The first-order valence-corrected chi connectivity index (χ1v) is 11.4. The number of hydrogen-bond donors (Lipinski definition) is 0. The topological polar surface area (TPSA) is 77.0 Å². The largest absolute Gasteiger partial charge is 0.339 e. The van der Waals surface area contributed by atoms with Crippen LogP contribution in [0.15, 0.2) is 53.3 Å². The Balaban J connectivity index is 1.24. The molecular formula is C24H22ClN5O2. The maximum atomic E-state index is 12.6. The van der Waals surface area contributed by atoms with Crippen molar-refractivity contribution in [3.05, 3.63) is 59.7 Å². The van der Waals surface area contributed by atoms with Gasteiger partial charge >= 0.3 is 0 Å². The normalized spacial score (nSPS) is 19.5. The van der Waals surface area contributed by atoms with Crippen molar-refractivity contribution >= 4 is 34.2 Å². The van der Waals surface area contributed by atoms with Crippen molar-refractivity contribution < 1.29 is 9.32 Å². The summed E-state index contributed by atoms with van der Waals surface area (Å²) in [6, 6.07) is 14.0. The number of imidazole rings is 1. The van der Waals surface area contributed by atoms with Crippen LogP contribution in [0, 0.1) is 0 Å². The Kier molecular flexibility index (Phi) is 4.72. The minimum atomic E-state index is -0.145. The molecule has 7 nitrogen and oxygen atoms in total. The Labute approximate surface area is 190 Å². The van der Waals surface area contributed by atoms with Crippen molar-refractivity contribution in [2.45, 2.75) is 44.1 Å². The van der Waals surface area contributed by atoms with Crippen LogP contribution in [0.5, 0.6) is 0 Å². The number of carbonyl (C=O) groups excluding carboxylic acids is 1. The minimum absolute atomic E-state index is 0.0240. The van der Waals surface area contributed by atoms with E-state index < -0.39 is 0 Å². The summed E-state index contributed by atoms with van der Waals surface area (Å²) in [6.45, 7) is 0.492. The van der Waals surface area contributed by atoms with Gasteiger partial charge in [0.05, 0.1) is 23.3 Å². The third kappa shape index (κ3) is 3.37. The highest BCUT2D eigenvalue weighted by Gasteiger charge is 2.35. The SMILES string of the molecule is O=C1C[C@@H](c2nc(-c3ccc4c(c3)ncn4C3CCCC3)no2)CN1c1cccc(Cl)c1. The van der Waals surface area contributed by atoms with Crippen LogP contribution in [0.1, 0.15) is 50.0 Å². The first-order chi connectivity index (χ1) is 15.7. The molecule has 1 atom stereocenters. The first-order valence-electron chi connectivity index (χ1n) is 11.0. The third-order valence-corrected chi connectivity index (χ3v) is 6.82. The highest BCUT2D eigenvalue weighted by atomic mass is 35.5. The summed E-state index contributed by atoms with van der Waals surface area (Å²) in [4.78, 5) is 23.5. The fraction of sp³-hybridized carbons (Fsp3) is 0.333. The van der Waals surface area contributed by atoms with Gasteiger partial charge in [0, 0.05) is 35.3 Å². The Morgan fingerprint density at radius 3 is 2.81 bits per heavy atom. The fourth-order valence-electron chi connectivity index (χ4n) is 4.93. The Morgan fingerprint density at radius 2 is 1.97 bits per heavy atom. The fourth-order valence-corrected chi connectivity index (χ4v) is 5.11. The van der Waals surface area contributed by atoms with Crippen LogP contribution >= 0.6 is 11.6 Å². The molecule has 3 heterocycles. The highest BCUT2D eigenvalue weighted by Crippen LogP contribution is 2.35. The van der Waals surface area contributed by atoms with Gasteiger partial charge in [-0.3, -0.25) is 4.79 Å². The molecule has 0 bridgehead atoms. The average molecular weight is 448 g/mol. The molecule has 32 heavy (non-hydrogen) atoms. The zero-order valence-corrected chi connectivity index (χ0v) is 18.2. The van der Waals surface area contributed by atoms with Gasteiger partial charge in [-0.1, -0.05) is 35.7 Å². The molecule has 0 radical (unpaired) electrons. The summed E-state index contributed by atoms with van der Waals surface area (Å²) >= 11 is 6.09. The summed E-state index contributed by atoms with van der Waals surface area (Å²) in [5, 5.41) is 4.79. The minimum Gasteiger partial charge on any atom is -0.339 e. The summed E-state index contributed by atoms with van der Waals surface area (Å²) in [5.41, 5.74) is 3.72. The molecule has 2 aromatic heterocycles. The zero-order chi connectivity index (χ0) is 21.7. The summed E-state index contributed by atoms with van der Waals surface area (Å²) in [5.74, 6) is 0.879.